The Morgan fingerprint density at radius 1 is 1.30 bits per heavy atom. The Kier molecular flexibility index (Phi) is 4.98. The predicted molar refractivity (Wildman–Crippen MR) is 78.6 cm³/mol. The molecule has 20 heavy (non-hydrogen) atoms. The van der Waals surface area contributed by atoms with Crippen LogP contribution in [0.2, 0.25) is 0 Å². The first kappa shape index (κ1) is 14.8. The van der Waals surface area contributed by atoms with Crippen LogP contribution in [0.15, 0.2) is 18.2 Å². The van der Waals surface area contributed by atoms with Gasteiger partial charge in [0.15, 0.2) is 6.61 Å². The minimum Gasteiger partial charge on any atom is -0.483 e. The average Bonchev–Trinajstić information content (AvgIpc) is 2.46. The second-order valence-corrected chi connectivity index (χ2v) is 5.24. The number of aryl methyl sites for hydroxylation is 1. The molecule has 0 unspecified atom stereocenters. The zero-order chi connectivity index (χ0) is 14.5. The van der Waals surface area contributed by atoms with Crippen LogP contribution in [-0.4, -0.2) is 55.5 Å². The third kappa shape index (κ3) is 3.49. The van der Waals surface area contributed by atoms with E-state index in [9.17, 15) is 4.79 Å². The molecule has 1 aromatic carbocycles. The molecular weight excluding hydrogens is 254 g/mol. The average molecular weight is 277 g/mol. The first-order valence-corrected chi connectivity index (χ1v) is 6.99. The van der Waals surface area contributed by atoms with E-state index in [1.807, 2.05) is 30.0 Å². The molecule has 0 saturated carbocycles. The highest BCUT2D eigenvalue weighted by Gasteiger charge is 2.19. The van der Waals surface area contributed by atoms with Crippen LogP contribution >= 0.6 is 0 Å². The van der Waals surface area contributed by atoms with Gasteiger partial charge in [0.25, 0.3) is 5.91 Å². The number of amides is 1. The van der Waals surface area contributed by atoms with Gasteiger partial charge in [-0.2, -0.15) is 0 Å². The molecule has 0 spiro atoms. The molecule has 5 heteroatoms. The molecule has 1 aromatic rings. The Hall–Kier alpha value is -1.59. The molecule has 1 heterocycles. The molecule has 5 nitrogen and oxygen atoms in total. The number of carbonyl (C=O) groups excluding carboxylic acids is 1. The Bertz CT molecular complexity index is 468. The van der Waals surface area contributed by atoms with Crippen LogP contribution in [-0.2, 0) is 11.3 Å². The minimum absolute atomic E-state index is 0.0457. The third-order valence-corrected chi connectivity index (χ3v) is 3.71. The summed E-state index contributed by atoms with van der Waals surface area (Å²) in [5.74, 6) is 0.793. The third-order valence-electron chi connectivity index (χ3n) is 3.71. The van der Waals surface area contributed by atoms with Crippen molar-refractivity contribution < 1.29 is 9.53 Å². The van der Waals surface area contributed by atoms with Gasteiger partial charge in [-0.15, -0.1) is 0 Å². The standard InChI is InChI=1S/C15H23N3O2/c1-12-4-3-5-13(10-16)15(12)20-11-14(19)18-8-6-17(2)7-9-18/h3-5H,6-11,16H2,1-2H3. The van der Waals surface area contributed by atoms with Crippen molar-refractivity contribution in [2.24, 2.45) is 5.73 Å². The highest BCUT2D eigenvalue weighted by molar-refractivity contribution is 5.78. The van der Waals surface area contributed by atoms with Gasteiger partial charge in [0.05, 0.1) is 0 Å². The number of hydrogen-bond donors (Lipinski definition) is 1. The number of benzene rings is 1. The Labute approximate surface area is 120 Å². The van der Waals surface area contributed by atoms with Crippen molar-refractivity contribution in [2.75, 3.05) is 39.8 Å². The Morgan fingerprint density at radius 2 is 2.00 bits per heavy atom. The monoisotopic (exact) mass is 277 g/mol. The molecule has 0 atom stereocenters. The number of para-hydroxylation sites is 1. The molecule has 0 aromatic heterocycles. The number of ether oxygens (including phenoxy) is 1. The van der Waals surface area contributed by atoms with Crippen LogP contribution in [0, 0.1) is 6.92 Å². The molecule has 2 N–H and O–H groups in total. The second-order valence-electron chi connectivity index (χ2n) is 5.24. The first-order chi connectivity index (χ1) is 9.61. The van der Waals surface area contributed by atoms with Crippen molar-refractivity contribution in [2.45, 2.75) is 13.5 Å². The van der Waals surface area contributed by atoms with Crippen LogP contribution in [0.3, 0.4) is 0 Å². The van der Waals surface area contributed by atoms with Crippen LogP contribution in [0.4, 0.5) is 0 Å². The number of nitrogens with zero attached hydrogens (tertiary/aromatic N) is 2. The largest absolute Gasteiger partial charge is 0.483 e. The van der Waals surface area contributed by atoms with Gasteiger partial charge < -0.3 is 20.3 Å². The fraction of sp³-hybridized carbons (Fsp3) is 0.533. The summed E-state index contributed by atoms with van der Waals surface area (Å²) in [4.78, 5) is 16.2. The summed E-state index contributed by atoms with van der Waals surface area (Å²) in [6, 6.07) is 5.85. The van der Waals surface area contributed by atoms with Crippen LogP contribution in [0.25, 0.3) is 0 Å². The van der Waals surface area contributed by atoms with E-state index < -0.39 is 0 Å². The summed E-state index contributed by atoms with van der Waals surface area (Å²) in [5.41, 5.74) is 7.66. The van der Waals surface area contributed by atoms with Gasteiger partial charge in [-0.3, -0.25) is 4.79 Å². The lowest BCUT2D eigenvalue weighted by molar-refractivity contribution is -0.134. The van der Waals surface area contributed by atoms with Crippen LogP contribution < -0.4 is 10.5 Å². The molecule has 1 amide bonds. The summed E-state index contributed by atoms with van der Waals surface area (Å²) in [5, 5.41) is 0. The highest BCUT2D eigenvalue weighted by Crippen LogP contribution is 2.23. The lowest BCUT2D eigenvalue weighted by Gasteiger charge is -2.32. The van der Waals surface area contributed by atoms with E-state index in [4.69, 9.17) is 10.5 Å². The molecule has 1 aliphatic rings. The maximum atomic E-state index is 12.1. The smallest absolute Gasteiger partial charge is 0.260 e. The zero-order valence-electron chi connectivity index (χ0n) is 12.3. The fourth-order valence-corrected chi connectivity index (χ4v) is 2.36. The quantitative estimate of drug-likeness (QED) is 0.876. The van der Waals surface area contributed by atoms with Crippen molar-refractivity contribution in [3.8, 4) is 5.75 Å². The van der Waals surface area contributed by atoms with Gasteiger partial charge in [-0.1, -0.05) is 18.2 Å². The summed E-state index contributed by atoms with van der Waals surface area (Å²) in [6.07, 6.45) is 0. The highest BCUT2D eigenvalue weighted by atomic mass is 16.5. The van der Waals surface area contributed by atoms with Gasteiger partial charge in [0.2, 0.25) is 0 Å². The summed E-state index contributed by atoms with van der Waals surface area (Å²) >= 11 is 0. The number of carbonyl (C=O) groups is 1. The van der Waals surface area contributed by atoms with Crippen molar-refractivity contribution >= 4 is 5.91 Å². The van der Waals surface area contributed by atoms with E-state index in [0.717, 1.165) is 43.1 Å². The SMILES string of the molecule is Cc1cccc(CN)c1OCC(=O)N1CCN(C)CC1. The molecule has 2 rings (SSSR count). The molecule has 0 bridgehead atoms. The van der Waals surface area contributed by atoms with Gasteiger partial charge in [0, 0.05) is 38.3 Å². The van der Waals surface area contributed by atoms with Crippen LogP contribution in [0.5, 0.6) is 5.75 Å². The maximum Gasteiger partial charge on any atom is 0.260 e. The lowest BCUT2D eigenvalue weighted by Crippen LogP contribution is -2.48. The second kappa shape index (κ2) is 6.72. The number of rotatable bonds is 4. The zero-order valence-corrected chi connectivity index (χ0v) is 12.3. The van der Waals surface area contributed by atoms with Crippen molar-refractivity contribution in [1.29, 1.82) is 0 Å². The van der Waals surface area contributed by atoms with Gasteiger partial charge >= 0.3 is 0 Å². The first-order valence-electron chi connectivity index (χ1n) is 6.99. The molecule has 0 aliphatic carbocycles. The number of nitrogens with two attached hydrogens (primary N) is 1. The van der Waals surface area contributed by atoms with Crippen molar-refractivity contribution in [1.82, 2.24) is 9.80 Å². The number of hydrogen-bond acceptors (Lipinski definition) is 4. The van der Waals surface area contributed by atoms with Crippen LogP contribution in [0.1, 0.15) is 11.1 Å². The molecule has 0 radical (unpaired) electrons. The molecular formula is C15H23N3O2. The predicted octanol–water partition coefficient (Wildman–Crippen LogP) is 0.607. The van der Waals surface area contributed by atoms with E-state index in [1.165, 1.54) is 0 Å². The Balaban J connectivity index is 1.93. The molecule has 110 valence electrons. The number of piperazine rings is 1. The normalized spacial score (nSPS) is 16.2. The van der Waals surface area contributed by atoms with E-state index in [1.54, 1.807) is 0 Å². The maximum absolute atomic E-state index is 12.1. The lowest BCUT2D eigenvalue weighted by atomic mass is 10.1. The topological polar surface area (TPSA) is 58.8 Å². The summed E-state index contributed by atoms with van der Waals surface area (Å²) < 4.78 is 5.72. The molecule has 1 saturated heterocycles. The fourth-order valence-electron chi connectivity index (χ4n) is 2.36. The Morgan fingerprint density at radius 3 is 2.65 bits per heavy atom. The summed E-state index contributed by atoms with van der Waals surface area (Å²) in [6.45, 7) is 5.86. The van der Waals surface area contributed by atoms with Crippen molar-refractivity contribution in [3.05, 3.63) is 29.3 Å². The molecule has 1 aliphatic heterocycles. The van der Waals surface area contributed by atoms with E-state index in [-0.39, 0.29) is 12.5 Å². The minimum atomic E-state index is 0.0457. The molecule has 1 fully saturated rings. The van der Waals surface area contributed by atoms with Gasteiger partial charge in [0.1, 0.15) is 5.75 Å². The van der Waals surface area contributed by atoms with E-state index in [2.05, 4.69) is 11.9 Å². The van der Waals surface area contributed by atoms with Crippen molar-refractivity contribution in [3.63, 3.8) is 0 Å². The van der Waals surface area contributed by atoms with Gasteiger partial charge in [-0.25, -0.2) is 0 Å². The van der Waals surface area contributed by atoms with Gasteiger partial charge in [-0.05, 0) is 19.5 Å². The summed E-state index contributed by atoms with van der Waals surface area (Å²) in [7, 11) is 2.07. The number of likely N-dealkylation sites (N-methyl/N-ethyl adjacent to an activating group) is 1. The van der Waals surface area contributed by atoms with E-state index >= 15 is 0 Å². The van der Waals surface area contributed by atoms with E-state index in [0.29, 0.717) is 6.54 Å².